The van der Waals surface area contributed by atoms with Crippen LogP contribution in [0.25, 0.3) is 11.2 Å². The number of piperazine rings is 1. The van der Waals surface area contributed by atoms with Crippen LogP contribution in [-0.2, 0) is 13.6 Å². The van der Waals surface area contributed by atoms with Gasteiger partial charge < -0.3 is 14.6 Å². The fourth-order valence-corrected chi connectivity index (χ4v) is 6.86. The van der Waals surface area contributed by atoms with Crippen molar-refractivity contribution in [2.45, 2.75) is 82.1 Å². The maximum Gasteiger partial charge on any atom is 0.350 e. The van der Waals surface area contributed by atoms with Gasteiger partial charge in [-0.2, -0.15) is 4.98 Å². The molecule has 1 aliphatic heterocycles. The molecule has 0 bridgehead atoms. The number of aryl methyl sites for hydroxylation is 1. The third-order valence-corrected chi connectivity index (χ3v) is 9.27. The van der Waals surface area contributed by atoms with E-state index in [1.807, 2.05) is 28.8 Å². The van der Waals surface area contributed by atoms with Crippen LogP contribution in [0.2, 0.25) is 5.02 Å². The fourth-order valence-electron chi connectivity index (χ4n) is 6.73. The Labute approximate surface area is 231 Å². The molecule has 39 heavy (non-hydrogen) atoms. The van der Waals surface area contributed by atoms with Crippen molar-refractivity contribution in [1.82, 2.24) is 24.0 Å². The Morgan fingerprint density at radius 3 is 2.44 bits per heavy atom. The van der Waals surface area contributed by atoms with Gasteiger partial charge in [0.1, 0.15) is 11.2 Å². The van der Waals surface area contributed by atoms with E-state index >= 15 is 0 Å². The predicted octanol–water partition coefficient (Wildman–Crippen LogP) is 4.38. The molecule has 3 fully saturated rings. The van der Waals surface area contributed by atoms with Gasteiger partial charge in [-0.1, -0.05) is 23.7 Å². The van der Waals surface area contributed by atoms with Gasteiger partial charge in [0.25, 0.3) is 0 Å². The lowest BCUT2D eigenvalue weighted by Crippen LogP contribution is -2.60. The molecule has 0 spiro atoms. The van der Waals surface area contributed by atoms with Crippen molar-refractivity contribution in [3.05, 3.63) is 51.7 Å². The third-order valence-electron chi connectivity index (χ3n) is 9.02. The van der Waals surface area contributed by atoms with Gasteiger partial charge in [-0.3, -0.25) is 9.47 Å². The summed E-state index contributed by atoms with van der Waals surface area (Å²) in [6, 6.07) is 7.35. The molecule has 6 rings (SSSR count). The number of alkyl halides is 2. The van der Waals surface area contributed by atoms with Gasteiger partial charge in [-0.25, -0.2) is 18.6 Å². The average molecular weight is 561 g/mol. The van der Waals surface area contributed by atoms with E-state index in [4.69, 9.17) is 11.6 Å². The number of nitrogens with zero attached hydrogens (tertiary/aromatic N) is 6. The SMILES string of the molecule is C[C@@H]1CN(c2nc(=O)n(C)c3c2ncn3CC2(O)CCC2)[C@@H](C)CN1C(c1ccc(Cl)cc1)C1CC(F)(F)C1. The predicted molar refractivity (Wildman–Crippen MR) is 146 cm³/mol. The topological polar surface area (TPSA) is 79.4 Å². The summed E-state index contributed by atoms with van der Waals surface area (Å²) in [5.41, 5.74) is 1.12. The summed E-state index contributed by atoms with van der Waals surface area (Å²) in [6.07, 6.45) is 3.89. The zero-order valence-corrected chi connectivity index (χ0v) is 23.3. The second-order valence-electron chi connectivity index (χ2n) is 12.0. The number of halogens is 3. The average Bonchev–Trinajstić information content (AvgIpc) is 3.26. The van der Waals surface area contributed by atoms with Crippen molar-refractivity contribution in [3.63, 3.8) is 0 Å². The number of fused-ring (bicyclic) bond motifs is 1. The molecular formula is C28H35ClF2N6O2. The number of hydrogen-bond acceptors (Lipinski definition) is 6. The number of hydrogen-bond donors (Lipinski definition) is 1. The van der Waals surface area contributed by atoms with Crippen LogP contribution in [0.1, 0.15) is 57.6 Å². The monoisotopic (exact) mass is 560 g/mol. The molecule has 3 heterocycles. The quantitative estimate of drug-likeness (QED) is 0.482. The van der Waals surface area contributed by atoms with Crippen LogP contribution >= 0.6 is 11.6 Å². The number of aliphatic hydroxyl groups is 1. The summed E-state index contributed by atoms with van der Waals surface area (Å²) in [7, 11) is 1.68. The summed E-state index contributed by atoms with van der Waals surface area (Å²) in [6.45, 7) is 5.75. The highest BCUT2D eigenvalue weighted by atomic mass is 35.5. The zero-order valence-electron chi connectivity index (χ0n) is 22.5. The van der Waals surface area contributed by atoms with Crippen molar-refractivity contribution < 1.29 is 13.9 Å². The van der Waals surface area contributed by atoms with E-state index < -0.39 is 11.5 Å². The first-order valence-corrected chi connectivity index (χ1v) is 14.1. The third kappa shape index (κ3) is 4.74. The molecule has 0 amide bonds. The lowest BCUT2D eigenvalue weighted by atomic mass is 9.73. The van der Waals surface area contributed by atoms with Crippen LogP contribution < -0.4 is 10.6 Å². The lowest BCUT2D eigenvalue weighted by molar-refractivity contribution is -0.137. The van der Waals surface area contributed by atoms with Crippen LogP contribution in [0.15, 0.2) is 35.4 Å². The number of anilines is 1. The van der Waals surface area contributed by atoms with E-state index in [-0.39, 0.29) is 42.6 Å². The largest absolute Gasteiger partial charge is 0.388 e. The van der Waals surface area contributed by atoms with Gasteiger partial charge in [0.2, 0.25) is 5.92 Å². The van der Waals surface area contributed by atoms with Crippen molar-refractivity contribution in [2.24, 2.45) is 13.0 Å². The molecule has 1 unspecified atom stereocenters. The fraction of sp³-hybridized carbons (Fsp3) is 0.607. The minimum atomic E-state index is -2.61. The summed E-state index contributed by atoms with van der Waals surface area (Å²) in [5, 5.41) is 11.4. The lowest BCUT2D eigenvalue weighted by Gasteiger charge is -2.52. The van der Waals surface area contributed by atoms with Crippen LogP contribution in [0, 0.1) is 5.92 Å². The molecular weight excluding hydrogens is 526 g/mol. The molecule has 8 nitrogen and oxygen atoms in total. The van der Waals surface area contributed by atoms with E-state index in [2.05, 4.69) is 33.6 Å². The van der Waals surface area contributed by atoms with E-state index in [0.29, 0.717) is 41.6 Å². The van der Waals surface area contributed by atoms with Gasteiger partial charge in [-0.05, 0) is 56.7 Å². The highest BCUT2D eigenvalue weighted by molar-refractivity contribution is 6.30. The minimum absolute atomic E-state index is 0.00906. The standard InChI is InChI=1S/C28H35ClF2N6O2/c1-17-14-37(24-22-25(34(3)26(38)33-24)35(16-32-22)15-27(39)9-4-10-27)18(2)13-36(17)23(20-11-28(30,31)12-20)19-5-7-21(29)8-6-19/h5-8,16-18,20,23,39H,4,9-15H2,1-3H3/t17-,18+,23?/m1/s1. The number of rotatable bonds is 6. The molecule has 1 saturated heterocycles. The Morgan fingerprint density at radius 1 is 1.13 bits per heavy atom. The van der Waals surface area contributed by atoms with E-state index in [1.54, 1.807) is 13.4 Å². The summed E-state index contributed by atoms with van der Waals surface area (Å²) in [4.78, 5) is 26.5. The molecule has 0 radical (unpaired) electrons. The Hall–Kier alpha value is -2.56. The highest BCUT2D eigenvalue weighted by Crippen LogP contribution is 2.51. The van der Waals surface area contributed by atoms with E-state index in [0.717, 1.165) is 24.8 Å². The Morgan fingerprint density at radius 2 is 1.82 bits per heavy atom. The van der Waals surface area contributed by atoms with E-state index in [1.165, 1.54) is 4.57 Å². The smallest absolute Gasteiger partial charge is 0.350 e. The van der Waals surface area contributed by atoms with Crippen molar-refractivity contribution in [3.8, 4) is 0 Å². The highest BCUT2D eigenvalue weighted by Gasteiger charge is 2.51. The Balaban J connectivity index is 1.31. The first-order valence-electron chi connectivity index (χ1n) is 13.7. The first-order chi connectivity index (χ1) is 18.4. The molecule has 2 aromatic heterocycles. The van der Waals surface area contributed by atoms with Gasteiger partial charge in [0.15, 0.2) is 5.82 Å². The molecule has 3 aromatic rings. The van der Waals surface area contributed by atoms with Crippen LogP contribution in [0.5, 0.6) is 0 Å². The van der Waals surface area contributed by atoms with Gasteiger partial charge in [-0.15, -0.1) is 0 Å². The number of imidazole rings is 1. The normalized spacial score (nSPS) is 25.9. The van der Waals surface area contributed by atoms with Gasteiger partial charge >= 0.3 is 5.69 Å². The number of aromatic nitrogens is 4. The molecule has 1 aromatic carbocycles. The number of benzene rings is 1. The minimum Gasteiger partial charge on any atom is -0.388 e. The van der Waals surface area contributed by atoms with Crippen LogP contribution in [-0.4, -0.2) is 65.8 Å². The Kier molecular flexibility index (Phi) is 6.51. The maximum atomic E-state index is 14.0. The van der Waals surface area contributed by atoms with Crippen molar-refractivity contribution in [1.29, 1.82) is 0 Å². The first kappa shape index (κ1) is 26.7. The molecule has 11 heteroatoms. The second-order valence-corrected chi connectivity index (χ2v) is 12.4. The summed E-state index contributed by atoms with van der Waals surface area (Å²) >= 11 is 6.14. The molecule has 3 atom stereocenters. The Bertz CT molecular complexity index is 1430. The molecule has 210 valence electrons. The van der Waals surface area contributed by atoms with Crippen molar-refractivity contribution in [2.75, 3.05) is 18.0 Å². The zero-order chi connectivity index (χ0) is 27.7. The molecule has 3 aliphatic rings. The molecule has 2 saturated carbocycles. The summed E-state index contributed by atoms with van der Waals surface area (Å²) < 4.78 is 31.3. The van der Waals surface area contributed by atoms with Crippen LogP contribution in [0.3, 0.4) is 0 Å². The van der Waals surface area contributed by atoms with Gasteiger partial charge in [0.05, 0.1) is 18.5 Å². The maximum absolute atomic E-state index is 14.0. The van der Waals surface area contributed by atoms with Crippen LogP contribution in [0.4, 0.5) is 14.6 Å². The van der Waals surface area contributed by atoms with E-state index in [9.17, 15) is 18.7 Å². The van der Waals surface area contributed by atoms with Crippen molar-refractivity contribution >= 4 is 28.6 Å². The molecule has 1 N–H and O–H groups in total. The summed E-state index contributed by atoms with van der Waals surface area (Å²) in [5.74, 6) is -2.23. The van der Waals surface area contributed by atoms with Gasteiger partial charge in [0, 0.05) is 56.1 Å². The second kappa shape index (κ2) is 9.52. The molecule has 2 aliphatic carbocycles.